The van der Waals surface area contributed by atoms with Crippen LogP contribution in [-0.2, 0) is 23.9 Å². The Kier molecular flexibility index (Phi) is 6.21. The Balaban J connectivity index is 1.61. The standard InChI is InChI=1S/C26H31FN4O4/c1-25(2,3)35-24(33)31-13-14-34-21-16(15-31)9-7-10-17(21)23(32)28-26(4,5)22-20-18(27)11-8-12-19(20)30(6)29-22/h7-12H,13-15H2,1-6H3,(H,28,32). The maximum absolute atomic E-state index is 14.7. The SMILES string of the molecule is Cn1nc(C(C)(C)NC(=O)c2cccc3c2OCCN(C(=O)OC(C)(C)C)C3)c2c(F)cccc21. The van der Waals surface area contributed by atoms with E-state index in [0.717, 1.165) is 0 Å². The number of ether oxygens (including phenoxy) is 2. The molecule has 1 aliphatic rings. The number of benzene rings is 2. The number of rotatable bonds is 3. The highest BCUT2D eigenvalue weighted by Gasteiger charge is 2.32. The van der Waals surface area contributed by atoms with Gasteiger partial charge in [0.05, 0.1) is 40.8 Å². The number of carbonyl (C=O) groups is 2. The number of para-hydroxylation sites is 1. The van der Waals surface area contributed by atoms with Gasteiger partial charge in [-0.3, -0.25) is 9.48 Å². The summed E-state index contributed by atoms with van der Waals surface area (Å²) in [5.41, 5.74) is 0.516. The molecule has 4 rings (SSSR count). The largest absolute Gasteiger partial charge is 0.491 e. The summed E-state index contributed by atoms with van der Waals surface area (Å²) in [4.78, 5) is 27.6. The molecule has 0 fully saturated rings. The predicted molar refractivity (Wildman–Crippen MR) is 130 cm³/mol. The zero-order chi connectivity index (χ0) is 25.5. The van der Waals surface area contributed by atoms with Crippen molar-refractivity contribution in [3.8, 4) is 5.75 Å². The Morgan fingerprint density at radius 2 is 1.83 bits per heavy atom. The van der Waals surface area contributed by atoms with Crippen LogP contribution in [0.4, 0.5) is 9.18 Å². The molecule has 35 heavy (non-hydrogen) atoms. The third-order valence-corrected chi connectivity index (χ3v) is 5.81. The highest BCUT2D eigenvalue weighted by atomic mass is 19.1. The number of carbonyl (C=O) groups excluding carboxylic acids is 2. The Hall–Kier alpha value is -3.62. The summed E-state index contributed by atoms with van der Waals surface area (Å²) in [7, 11) is 1.74. The first-order valence-electron chi connectivity index (χ1n) is 11.5. The van der Waals surface area contributed by atoms with E-state index in [1.54, 1.807) is 54.7 Å². The summed E-state index contributed by atoms with van der Waals surface area (Å²) in [5.74, 6) is -0.358. The van der Waals surface area contributed by atoms with Gasteiger partial charge in [0.15, 0.2) is 0 Å². The molecule has 0 bridgehead atoms. The number of nitrogens with zero attached hydrogens (tertiary/aromatic N) is 3. The minimum Gasteiger partial charge on any atom is -0.491 e. The van der Waals surface area contributed by atoms with E-state index in [2.05, 4.69) is 10.4 Å². The lowest BCUT2D eigenvalue weighted by atomic mass is 9.96. The first-order chi connectivity index (χ1) is 16.4. The Labute approximate surface area is 204 Å². The molecule has 0 saturated carbocycles. The predicted octanol–water partition coefficient (Wildman–Crippen LogP) is 4.51. The molecule has 0 atom stereocenters. The molecule has 0 saturated heterocycles. The lowest BCUT2D eigenvalue weighted by Crippen LogP contribution is -2.41. The number of hydrogen-bond acceptors (Lipinski definition) is 5. The number of halogens is 1. The van der Waals surface area contributed by atoms with Crippen LogP contribution in [0.1, 0.15) is 56.2 Å². The second kappa shape index (κ2) is 8.87. The van der Waals surface area contributed by atoms with Crippen LogP contribution >= 0.6 is 0 Å². The lowest BCUT2D eigenvalue weighted by molar-refractivity contribution is 0.0225. The minimum absolute atomic E-state index is 0.218. The smallest absolute Gasteiger partial charge is 0.410 e. The van der Waals surface area contributed by atoms with Gasteiger partial charge in [-0.25, -0.2) is 9.18 Å². The number of nitrogens with one attached hydrogen (secondary N) is 1. The van der Waals surface area contributed by atoms with Crippen LogP contribution in [0.2, 0.25) is 0 Å². The van der Waals surface area contributed by atoms with Crippen LogP contribution in [0.25, 0.3) is 10.9 Å². The fourth-order valence-electron chi connectivity index (χ4n) is 4.20. The van der Waals surface area contributed by atoms with E-state index in [1.165, 1.54) is 6.07 Å². The number of amides is 2. The van der Waals surface area contributed by atoms with Crippen molar-refractivity contribution in [1.82, 2.24) is 20.0 Å². The average molecular weight is 483 g/mol. The first kappa shape index (κ1) is 24.5. The lowest BCUT2D eigenvalue weighted by Gasteiger charge is -2.26. The van der Waals surface area contributed by atoms with Gasteiger partial charge in [0, 0.05) is 12.6 Å². The van der Waals surface area contributed by atoms with Gasteiger partial charge < -0.3 is 19.7 Å². The van der Waals surface area contributed by atoms with Gasteiger partial charge >= 0.3 is 6.09 Å². The van der Waals surface area contributed by atoms with Crippen molar-refractivity contribution in [2.24, 2.45) is 7.05 Å². The monoisotopic (exact) mass is 482 g/mol. The van der Waals surface area contributed by atoms with Crippen LogP contribution in [-0.4, -0.2) is 45.4 Å². The second-order valence-electron chi connectivity index (χ2n) is 10.2. The van der Waals surface area contributed by atoms with E-state index >= 15 is 0 Å². The van der Waals surface area contributed by atoms with Gasteiger partial charge in [-0.2, -0.15) is 5.10 Å². The van der Waals surface area contributed by atoms with Crippen LogP contribution in [0.15, 0.2) is 36.4 Å². The van der Waals surface area contributed by atoms with E-state index in [0.29, 0.717) is 40.0 Å². The van der Waals surface area contributed by atoms with Crippen molar-refractivity contribution < 1.29 is 23.5 Å². The zero-order valence-corrected chi connectivity index (χ0v) is 20.9. The average Bonchev–Trinajstić information content (AvgIpc) is 2.97. The molecular weight excluding hydrogens is 451 g/mol. The summed E-state index contributed by atoms with van der Waals surface area (Å²) in [5, 5.41) is 7.86. The molecular formula is C26H31FN4O4. The third-order valence-electron chi connectivity index (χ3n) is 5.81. The Bertz CT molecular complexity index is 1290. The highest BCUT2D eigenvalue weighted by molar-refractivity contribution is 5.98. The first-order valence-corrected chi connectivity index (χ1v) is 11.5. The van der Waals surface area contributed by atoms with Gasteiger partial charge in [0.25, 0.3) is 5.91 Å². The summed E-state index contributed by atoms with van der Waals surface area (Å²) in [6, 6.07) is 10.0. The second-order valence-corrected chi connectivity index (χ2v) is 10.2. The number of fused-ring (bicyclic) bond motifs is 2. The molecule has 2 heterocycles. The molecule has 0 unspecified atom stereocenters. The van der Waals surface area contributed by atoms with Crippen molar-refractivity contribution in [3.05, 3.63) is 59.0 Å². The van der Waals surface area contributed by atoms with E-state index < -0.39 is 23.1 Å². The Morgan fingerprint density at radius 3 is 2.54 bits per heavy atom. The molecule has 1 N–H and O–H groups in total. The van der Waals surface area contributed by atoms with Crippen molar-refractivity contribution in [2.45, 2.75) is 52.3 Å². The van der Waals surface area contributed by atoms with Crippen molar-refractivity contribution in [3.63, 3.8) is 0 Å². The fourth-order valence-corrected chi connectivity index (χ4v) is 4.20. The van der Waals surface area contributed by atoms with Gasteiger partial charge in [-0.1, -0.05) is 18.2 Å². The van der Waals surface area contributed by atoms with E-state index in [1.807, 2.05) is 26.8 Å². The molecule has 9 heteroatoms. The molecule has 0 aliphatic carbocycles. The number of aryl methyl sites for hydroxylation is 1. The third kappa shape index (κ3) is 4.94. The molecule has 8 nitrogen and oxygen atoms in total. The summed E-state index contributed by atoms with van der Waals surface area (Å²) in [6.07, 6.45) is -0.436. The molecule has 3 aromatic rings. The van der Waals surface area contributed by atoms with Gasteiger partial charge in [-0.05, 0) is 52.8 Å². The molecule has 0 spiro atoms. The van der Waals surface area contributed by atoms with Gasteiger partial charge in [-0.15, -0.1) is 0 Å². The molecule has 2 amide bonds. The molecule has 1 aromatic heterocycles. The van der Waals surface area contributed by atoms with Gasteiger partial charge in [0.1, 0.15) is 23.8 Å². The fraction of sp³-hybridized carbons (Fsp3) is 0.423. The van der Waals surface area contributed by atoms with Crippen LogP contribution in [0, 0.1) is 5.82 Å². The summed E-state index contributed by atoms with van der Waals surface area (Å²) >= 11 is 0. The zero-order valence-electron chi connectivity index (χ0n) is 20.9. The Morgan fingerprint density at radius 1 is 1.11 bits per heavy atom. The summed E-state index contributed by atoms with van der Waals surface area (Å²) in [6.45, 7) is 9.81. The number of aromatic nitrogens is 2. The molecule has 1 aliphatic heterocycles. The van der Waals surface area contributed by atoms with E-state index in [9.17, 15) is 14.0 Å². The highest BCUT2D eigenvalue weighted by Crippen LogP contribution is 2.32. The maximum Gasteiger partial charge on any atom is 0.410 e. The van der Waals surface area contributed by atoms with Crippen LogP contribution < -0.4 is 10.1 Å². The van der Waals surface area contributed by atoms with Crippen LogP contribution in [0.3, 0.4) is 0 Å². The minimum atomic E-state index is -0.977. The van der Waals surface area contributed by atoms with E-state index in [4.69, 9.17) is 9.47 Å². The molecule has 186 valence electrons. The van der Waals surface area contributed by atoms with Crippen molar-refractivity contribution >= 4 is 22.9 Å². The van der Waals surface area contributed by atoms with Crippen molar-refractivity contribution in [1.29, 1.82) is 0 Å². The molecule has 0 radical (unpaired) electrons. The van der Waals surface area contributed by atoms with Gasteiger partial charge in [0.2, 0.25) is 0 Å². The normalized spacial score (nSPS) is 14.2. The van der Waals surface area contributed by atoms with Crippen molar-refractivity contribution in [2.75, 3.05) is 13.2 Å². The van der Waals surface area contributed by atoms with E-state index in [-0.39, 0.29) is 19.1 Å². The maximum atomic E-state index is 14.7. The van der Waals surface area contributed by atoms with Crippen LogP contribution in [0.5, 0.6) is 5.75 Å². The topological polar surface area (TPSA) is 85.7 Å². The number of hydrogen-bond donors (Lipinski definition) is 1. The summed E-state index contributed by atoms with van der Waals surface area (Å²) < 4.78 is 27.7. The molecule has 2 aromatic carbocycles. The quantitative estimate of drug-likeness (QED) is 0.594.